The van der Waals surface area contributed by atoms with Gasteiger partial charge in [-0.1, -0.05) is 0 Å². The number of hydrogen-bond donors (Lipinski definition) is 2. The van der Waals surface area contributed by atoms with Crippen molar-refractivity contribution in [2.75, 3.05) is 24.4 Å². The van der Waals surface area contributed by atoms with Crippen molar-refractivity contribution in [3.05, 3.63) is 48.5 Å². The molecular weight excluding hydrogens is 505 g/mol. The topological polar surface area (TPSA) is 79.6 Å². The van der Waals surface area contributed by atoms with Crippen molar-refractivity contribution >= 4 is 75.7 Å². The van der Waals surface area contributed by atoms with Gasteiger partial charge in [0.15, 0.2) is 0 Å². The Morgan fingerprint density at radius 1 is 0.643 bits per heavy atom. The smallest absolute Gasteiger partial charge is 0.262 e. The fraction of sp³-hybridized carbons (Fsp3) is 0.143. The highest BCUT2D eigenvalue weighted by molar-refractivity contribution is 8.18. The molecule has 0 radical (unpaired) electrons. The zero-order valence-electron chi connectivity index (χ0n) is 14.6. The van der Waals surface area contributed by atoms with Gasteiger partial charge in [0.1, 0.15) is 11.5 Å². The van der Waals surface area contributed by atoms with E-state index in [9.17, 15) is 0 Å². The molecule has 0 saturated carbocycles. The molecule has 1 heterocycles. The number of nitrogens with one attached hydrogen (secondary N) is 2. The van der Waals surface area contributed by atoms with Crippen LogP contribution >= 0.6 is 64.3 Å². The molecule has 0 bridgehead atoms. The van der Waals surface area contributed by atoms with Gasteiger partial charge in [0, 0.05) is 11.4 Å². The number of rotatable bonds is 6. The molecule has 152 valence electrons. The summed E-state index contributed by atoms with van der Waals surface area (Å²) >= 11 is 26.0. The number of hydrogen-bond acceptors (Lipinski definition) is 7. The number of halogens is 4. The molecule has 1 aliphatic heterocycles. The van der Waals surface area contributed by atoms with Gasteiger partial charge in [0.05, 0.1) is 14.2 Å². The van der Waals surface area contributed by atoms with Gasteiger partial charge in [-0.3, -0.25) is 0 Å². The lowest BCUT2D eigenvalue weighted by Gasteiger charge is -2.26. The van der Waals surface area contributed by atoms with Crippen LogP contribution in [0.4, 0.5) is 11.4 Å². The molecule has 0 saturated heterocycles. The molecule has 0 amide bonds. The molecule has 0 unspecified atom stereocenters. The monoisotopic (exact) mass is 519 g/mol. The Balaban J connectivity index is 1.95. The van der Waals surface area contributed by atoms with E-state index >= 15 is 0 Å². The molecule has 1 aliphatic rings. The first-order chi connectivity index (χ1) is 13.1. The highest BCUT2D eigenvalue weighted by Crippen LogP contribution is 2.84. The van der Waals surface area contributed by atoms with E-state index in [4.69, 9.17) is 54.4 Å². The average molecular weight is 521 g/mol. The van der Waals surface area contributed by atoms with Gasteiger partial charge in [-0.25, -0.2) is 0 Å². The van der Waals surface area contributed by atoms with Crippen LogP contribution in [-0.4, -0.2) is 14.2 Å². The highest BCUT2D eigenvalue weighted by atomic mass is 35.9. The molecular formula is C14H16Cl4N5O2P3. The molecule has 0 aliphatic carbocycles. The van der Waals surface area contributed by atoms with Crippen LogP contribution in [0.3, 0.4) is 0 Å². The minimum Gasteiger partial charge on any atom is -0.497 e. The van der Waals surface area contributed by atoms with Crippen LogP contribution in [0.1, 0.15) is 0 Å². The number of methoxy groups -OCH3 is 2. The van der Waals surface area contributed by atoms with E-state index in [2.05, 4.69) is 23.7 Å². The van der Waals surface area contributed by atoms with Crippen LogP contribution in [0.5, 0.6) is 11.5 Å². The Bertz CT molecular complexity index is 969. The molecule has 0 fully saturated rings. The van der Waals surface area contributed by atoms with Gasteiger partial charge < -0.3 is 19.6 Å². The van der Waals surface area contributed by atoms with Crippen molar-refractivity contribution in [2.24, 2.45) is 13.5 Å². The number of ether oxygens (including phenoxy) is 2. The quantitative estimate of drug-likeness (QED) is 0.372. The SMILES string of the molecule is COc1ccc(N[P@@]2(Cl)=NP(Cl)(Cl)=N[P@@](Cl)(Nc3ccc(OC)cc3)=N2)cc1. The van der Waals surface area contributed by atoms with E-state index in [-0.39, 0.29) is 0 Å². The van der Waals surface area contributed by atoms with E-state index in [1.165, 1.54) is 0 Å². The Kier molecular flexibility index (Phi) is 6.89. The molecule has 28 heavy (non-hydrogen) atoms. The van der Waals surface area contributed by atoms with Gasteiger partial charge in [-0.2, -0.15) is 13.5 Å². The van der Waals surface area contributed by atoms with E-state index < -0.39 is 19.3 Å². The second-order valence-corrected chi connectivity index (χ2v) is 17.2. The highest BCUT2D eigenvalue weighted by Gasteiger charge is 2.33. The summed E-state index contributed by atoms with van der Waals surface area (Å²) in [5, 5.41) is 6.19. The van der Waals surface area contributed by atoms with E-state index in [1.54, 1.807) is 62.8 Å². The van der Waals surface area contributed by atoms with Crippen molar-refractivity contribution in [2.45, 2.75) is 0 Å². The third-order valence-electron chi connectivity index (χ3n) is 3.41. The van der Waals surface area contributed by atoms with E-state index in [0.29, 0.717) is 22.9 Å². The summed E-state index contributed by atoms with van der Waals surface area (Å²) in [6.45, 7) is -6.10. The third kappa shape index (κ3) is 5.77. The first-order valence-electron chi connectivity index (χ1n) is 7.69. The fourth-order valence-corrected chi connectivity index (χ4v) is 18.0. The number of nitrogens with zero attached hydrogens (tertiary/aromatic N) is 3. The summed E-state index contributed by atoms with van der Waals surface area (Å²) in [7, 11) is 3.17. The molecule has 7 nitrogen and oxygen atoms in total. The number of anilines is 2. The van der Waals surface area contributed by atoms with Crippen LogP contribution in [0.2, 0.25) is 0 Å². The summed E-state index contributed by atoms with van der Waals surface area (Å²) < 4.78 is 23.4. The molecule has 0 aromatic heterocycles. The lowest BCUT2D eigenvalue weighted by atomic mass is 10.3. The zero-order valence-corrected chi connectivity index (χ0v) is 20.3. The predicted molar refractivity (Wildman–Crippen MR) is 125 cm³/mol. The largest absolute Gasteiger partial charge is 0.497 e. The van der Waals surface area contributed by atoms with Crippen molar-refractivity contribution < 1.29 is 9.47 Å². The van der Waals surface area contributed by atoms with Crippen molar-refractivity contribution in [3.63, 3.8) is 0 Å². The summed E-state index contributed by atoms with van der Waals surface area (Å²) in [6, 6.07) is 14.3. The normalized spacial score (nSPS) is 25.5. The first-order valence-corrected chi connectivity index (χ1v) is 16.4. The molecule has 2 N–H and O–H groups in total. The summed E-state index contributed by atoms with van der Waals surface area (Å²) in [5.41, 5.74) is 1.36. The van der Waals surface area contributed by atoms with Gasteiger partial charge in [-0.15, -0.1) is 0 Å². The Hall–Kier alpha value is -0.510. The molecule has 2 aromatic rings. The Morgan fingerprint density at radius 2 is 1.04 bits per heavy atom. The lowest BCUT2D eigenvalue weighted by molar-refractivity contribution is 0.415. The van der Waals surface area contributed by atoms with Gasteiger partial charge in [0.2, 0.25) is 0 Å². The van der Waals surface area contributed by atoms with Crippen LogP contribution in [0.15, 0.2) is 62.1 Å². The van der Waals surface area contributed by atoms with Crippen LogP contribution in [0.25, 0.3) is 0 Å². The van der Waals surface area contributed by atoms with Gasteiger partial charge in [-0.05, 0) is 93.5 Å². The molecule has 0 spiro atoms. The molecule has 3 rings (SSSR count). The maximum absolute atomic E-state index is 6.68. The zero-order chi connectivity index (χ0) is 20.4. The third-order valence-corrected chi connectivity index (χ3v) is 15.4. The summed E-state index contributed by atoms with van der Waals surface area (Å²) in [6.07, 6.45) is 0. The van der Waals surface area contributed by atoms with Gasteiger partial charge in [0.25, 0.3) is 19.3 Å². The second-order valence-electron chi connectivity index (χ2n) is 5.45. The first kappa shape index (κ1) is 22.2. The predicted octanol–water partition coefficient (Wildman–Crippen LogP) is 9.04. The Labute approximate surface area is 182 Å². The van der Waals surface area contributed by atoms with Crippen molar-refractivity contribution in [3.8, 4) is 11.5 Å². The fourth-order valence-electron chi connectivity index (χ4n) is 2.25. The maximum Gasteiger partial charge on any atom is 0.262 e. The molecule has 2 atom stereocenters. The van der Waals surface area contributed by atoms with Crippen LogP contribution < -0.4 is 19.6 Å². The van der Waals surface area contributed by atoms with E-state index in [0.717, 1.165) is 0 Å². The molecule has 2 aromatic carbocycles. The minimum absolute atomic E-state index is 0.680. The average Bonchev–Trinajstić information content (AvgIpc) is 2.60. The second kappa shape index (κ2) is 8.70. The Morgan fingerprint density at radius 3 is 1.43 bits per heavy atom. The van der Waals surface area contributed by atoms with Gasteiger partial charge >= 0.3 is 0 Å². The molecule has 14 heteroatoms. The van der Waals surface area contributed by atoms with Crippen LogP contribution in [-0.2, 0) is 0 Å². The summed E-state index contributed by atoms with van der Waals surface area (Å²) in [4.78, 5) is 0. The van der Waals surface area contributed by atoms with E-state index in [1.807, 2.05) is 0 Å². The van der Waals surface area contributed by atoms with Crippen LogP contribution in [0, 0.1) is 0 Å². The maximum atomic E-state index is 6.68. The lowest BCUT2D eigenvalue weighted by Crippen LogP contribution is -1.96. The standard InChI is InChI=1S/C14H16Cl4N5O2P3/c1-24-13-7-3-11(4-8-13)19-27(17)21-26(15,16)22-28(18,23-27)20-12-5-9-14(25-2)10-6-12/h3-10,19-20H,1-2H3/t27-,28+. The summed E-state index contributed by atoms with van der Waals surface area (Å²) in [5.74, 6) is -1.71. The van der Waals surface area contributed by atoms with Crippen molar-refractivity contribution in [1.29, 1.82) is 0 Å². The van der Waals surface area contributed by atoms with Crippen molar-refractivity contribution in [1.82, 2.24) is 0 Å². The number of benzene rings is 2. The minimum atomic E-state index is -3.12.